The van der Waals surface area contributed by atoms with Crippen molar-refractivity contribution < 1.29 is 8.42 Å². The maximum absolute atomic E-state index is 12.5. The Morgan fingerprint density at radius 1 is 1.32 bits per heavy atom. The van der Waals surface area contributed by atoms with E-state index >= 15 is 0 Å². The third-order valence-electron chi connectivity index (χ3n) is 3.74. The van der Waals surface area contributed by atoms with Crippen molar-refractivity contribution in [3.63, 3.8) is 0 Å². The van der Waals surface area contributed by atoms with Gasteiger partial charge in [0.05, 0.1) is 0 Å². The highest BCUT2D eigenvalue weighted by Crippen LogP contribution is 2.24. The average molecular weight is 291 g/mol. The molecule has 0 aromatic rings. The molecule has 1 heterocycles. The van der Waals surface area contributed by atoms with Crippen LogP contribution in [-0.2, 0) is 10.2 Å². The molecule has 0 aromatic heterocycles. The predicted octanol–water partition coefficient (Wildman–Crippen LogP) is 1.43. The molecule has 0 saturated carbocycles. The third-order valence-corrected chi connectivity index (χ3v) is 5.78. The Labute approximate surface area is 118 Å². The molecule has 0 bridgehead atoms. The molecule has 0 amide bonds. The summed E-state index contributed by atoms with van der Waals surface area (Å²) in [6.07, 6.45) is 4.87. The molecule has 1 unspecified atom stereocenters. The monoisotopic (exact) mass is 291 g/mol. The van der Waals surface area contributed by atoms with Crippen molar-refractivity contribution in [1.29, 1.82) is 0 Å². The van der Waals surface area contributed by atoms with Crippen molar-refractivity contribution in [2.24, 2.45) is 0 Å². The fourth-order valence-corrected chi connectivity index (χ4v) is 4.25. The summed E-state index contributed by atoms with van der Waals surface area (Å²) in [6.45, 7) is 7.34. The van der Waals surface area contributed by atoms with Crippen molar-refractivity contribution in [2.75, 3.05) is 33.2 Å². The Bertz CT molecular complexity index is 346. The Balaban J connectivity index is 2.43. The SMILES string of the molecule is CCCNCCCN(C)S(=O)(=O)N1CCCC1CC. The van der Waals surface area contributed by atoms with Crippen molar-refractivity contribution in [3.8, 4) is 0 Å². The molecule has 0 aliphatic carbocycles. The zero-order valence-corrected chi connectivity index (χ0v) is 13.4. The van der Waals surface area contributed by atoms with Gasteiger partial charge in [-0.3, -0.25) is 0 Å². The number of rotatable bonds is 9. The third kappa shape index (κ3) is 4.70. The van der Waals surface area contributed by atoms with Crippen molar-refractivity contribution >= 4 is 10.2 Å². The lowest BCUT2D eigenvalue weighted by Crippen LogP contribution is -2.44. The first-order valence-electron chi connectivity index (χ1n) is 7.47. The average Bonchev–Trinajstić information content (AvgIpc) is 2.87. The molecule has 1 rings (SSSR count). The first-order valence-corrected chi connectivity index (χ1v) is 8.87. The number of hydrogen-bond donors (Lipinski definition) is 1. The second-order valence-corrected chi connectivity index (χ2v) is 7.24. The topological polar surface area (TPSA) is 52.7 Å². The van der Waals surface area contributed by atoms with E-state index in [0.717, 1.165) is 45.2 Å². The van der Waals surface area contributed by atoms with Crippen molar-refractivity contribution in [3.05, 3.63) is 0 Å². The molecule has 1 aliphatic heterocycles. The van der Waals surface area contributed by atoms with Crippen LogP contribution in [0.25, 0.3) is 0 Å². The number of nitrogens with zero attached hydrogens (tertiary/aromatic N) is 2. The van der Waals surface area contributed by atoms with Crippen molar-refractivity contribution in [1.82, 2.24) is 13.9 Å². The lowest BCUT2D eigenvalue weighted by molar-refractivity contribution is 0.335. The van der Waals surface area contributed by atoms with Crippen LogP contribution in [0.2, 0.25) is 0 Å². The summed E-state index contributed by atoms with van der Waals surface area (Å²) in [7, 11) is -1.56. The van der Waals surface area contributed by atoms with Gasteiger partial charge in [-0.15, -0.1) is 0 Å². The lowest BCUT2D eigenvalue weighted by Gasteiger charge is -2.28. The molecular formula is C13H29N3O2S. The molecule has 1 N–H and O–H groups in total. The van der Waals surface area contributed by atoms with Gasteiger partial charge in [-0.05, 0) is 45.2 Å². The summed E-state index contributed by atoms with van der Waals surface area (Å²) >= 11 is 0. The Kier molecular flexibility index (Phi) is 7.28. The zero-order chi connectivity index (χ0) is 14.3. The number of nitrogens with one attached hydrogen (secondary N) is 1. The molecule has 1 atom stereocenters. The smallest absolute Gasteiger partial charge is 0.281 e. The van der Waals surface area contributed by atoms with Crippen LogP contribution in [-0.4, -0.2) is 56.3 Å². The minimum Gasteiger partial charge on any atom is -0.317 e. The van der Waals surface area contributed by atoms with Crippen LogP contribution in [0.1, 0.15) is 46.0 Å². The molecule has 0 aromatic carbocycles. The summed E-state index contributed by atoms with van der Waals surface area (Å²) in [4.78, 5) is 0. The van der Waals surface area contributed by atoms with E-state index < -0.39 is 10.2 Å². The van der Waals surface area contributed by atoms with Gasteiger partial charge >= 0.3 is 0 Å². The van der Waals surface area contributed by atoms with Gasteiger partial charge in [0.15, 0.2) is 0 Å². The van der Waals surface area contributed by atoms with Gasteiger partial charge in [0, 0.05) is 26.2 Å². The maximum atomic E-state index is 12.5. The fourth-order valence-electron chi connectivity index (χ4n) is 2.54. The molecular weight excluding hydrogens is 262 g/mol. The van der Waals surface area contributed by atoms with E-state index in [-0.39, 0.29) is 6.04 Å². The van der Waals surface area contributed by atoms with Crippen molar-refractivity contribution in [2.45, 2.75) is 52.0 Å². The predicted molar refractivity (Wildman–Crippen MR) is 79.3 cm³/mol. The van der Waals surface area contributed by atoms with Gasteiger partial charge in [0.2, 0.25) is 0 Å². The van der Waals surface area contributed by atoms with Gasteiger partial charge in [-0.2, -0.15) is 17.0 Å². The van der Waals surface area contributed by atoms with E-state index in [2.05, 4.69) is 19.2 Å². The van der Waals surface area contributed by atoms with Gasteiger partial charge in [0.25, 0.3) is 10.2 Å². The maximum Gasteiger partial charge on any atom is 0.281 e. The van der Waals surface area contributed by atoms with E-state index in [0.29, 0.717) is 13.1 Å². The molecule has 1 aliphatic rings. The van der Waals surface area contributed by atoms with E-state index in [1.807, 2.05) is 0 Å². The second kappa shape index (κ2) is 8.19. The van der Waals surface area contributed by atoms with Gasteiger partial charge in [0.1, 0.15) is 0 Å². The quantitative estimate of drug-likeness (QED) is 0.654. The Hall–Kier alpha value is -0.170. The first kappa shape index (κ1) is 16.9. The molecule has 19 heavy (non-hydrogen) atoms. The zero-order valence-electron chi connectivity index (χ0n) is 12.6. The number of hydrogen-bond acceptors (Lipinski definition) is 3. The summed E-state index contributed by atoms with van der Waals surface area (Å²) in [5, 5.41) is 3.30. The van der Waals surface area contributed by atoms with Gasteiger partial charge < -0.3 is 5.32 Å². The van der Waals surface area contributed by atoms with Crippen LogP contribution in [0.15, 0.2) is 0 Å². The summed E-state index contributed by atoms with van der Waals surface area (Å²) < 4.78 is 28.1. The standard InChI is InChI=1S/C13H29N3O2S/c1-4-9-14-10-7-11-15(3)19(17,18)16-12-6-8-13(16)5-2/h13-14H,4-12H2,1-3H3. The summed E-state index contributed by atoms with van der Waals surface area (Å²) in [5.41, 5.74) is 0. The minimum atomic E-state index is -3.25. The van der Waals surface area contributed by atoms with E-state index in [1.54, 1.807) is 11.4 Å². The van der Waals surface area contributed by atoms with E-state index in [4.69, 9.17) is 0 Å². The Morgan fingerprint density at radius 2 is 2.05 bits per heavy atom. The van der Waals surface area contributed by atoms with Gasteiger partial charge in [-0.25, -0.2) is 0 Å². The second-order valence-electron chi connectivity index (χ2n) is 5.25. The molecule has 114 valence electrons. The van der Waals surface area contributed by atoms with Crippen LogP contribution >= 0.6 is 0 Å². The Morgan fingerprint density at radius 3 is 2.68 bits per heavy atom. The normalized spacial score (nSPS) is 21.4. The van der Waals surface area contributed by atoms with Gasteiger partial charge in [-0.1, -0.05) is 13.8 Å². The first-order chi connectivity index (χ1) is 9.04. The summed E-state index contributed by atoms with van der Waals surface area (Å²) in [6, 6.07) is 0.200. The molecule has 1 saturated heterocycles. The lowest BCUT2D eigenvalue weighted by atomic mass is 10.2. The highest BCUT2D eigenvalue weighted by Gasteiger charge is 2.35. The molecule has 5 nitrogen and oxygen atoms in total. The van der Waals surface area contributed by atoms with Crippen LogP contribution < -0.4 is 5.32 Å². The highest BCUT2D eigenvalue weighted by molar-refractivity contribution is 7.86. The fraction of sp³-hybridized carbons (Fsp3) is 1.00. The highest BCUT2D eigenvalue weighted by atomic mass is 32.2. The minimum absolute atomic E-state index is 0.200. The molecule has 6 heteroatoms. The van der Waals surface area contributed by atoms with E-state index in [1.165, 1.54) is 4.31 Å². The van der Waals surface area contributed by atoms with E-state index in [9.17, 15) is 8.42 Å². The van der Waals surface area contributed by atoms with Crippen LogP contribution in [0, 0.1) is 0 Å². The molecule has 0 spiro atoms. The largest absolute Gasteiger partial charge is 0.317 e. The summed E-state index contributed by atoms with van der Waals surface area (Å²) in [5.74, 6) is 0. The van der Waals surface area contributed by atoms with Crippen LogP contribution in [0.4, 0.5) is 0 Å². The molecule has 1 fully saturated rings. The van der Waals surface area contributed by atoms with Crippen LogP contribution in [0.3, 0.4) is 0 Å². The van der Waals surface area contributed by atoms with Crippen LogP contribution in [0.5, 0.6) is 0 Å². The molecule has 0 radical (unpaired) electrons.